The molecule has 2 aromatic rings. The number of benzene rings is 1. The Balaban J connectivity index is 1.28. The van der Waals surface area contributed by atoms with Gasteiger partial charge in [0.2, 0.25) is 0 Å². The van der Waals surface area contributed by atoms with Gasteiger partial charge in [0, 0.05) is 29.4 Å². The van der Waals surface area contributed by atoms with Crippen LogP contribution in [0.15, 0.2) is 30.3 Å². The van der Waals surface area contributed by atoms with Gasteiger partial charge in [-0.25, -0.2) is 4.79 Å². The number of urea groups is 1. The molecular formula is C22H27N3O3S. The maximum Gasteiger partial charge on any atom is 0.319 e. The number of aryl methyl sites for hydroxylation is 2. The summed E-state index contributed by atoms with van der Waals surface area (Å²) in [5, 5.41) is 8.58. The standard InChI is InChI=1S/C22H27N3O3S/c26-21(20-13-15-5-2-1-3-7-19(15)29-20)24-16-8-10-17(11-9-16)25-22(27)23-14-18-6-4-12-28-18/h8-11,13,18H,1-7,12,14H2,(H,24,26)(H2,23,25,27). The molecule has 154 valence electrons. The number of nitrogens with one attached hydrogen (secondary N) is 3. The minimum atomic E-state index is -0.252. The number of carbonyl (C=O) groups excluding carboxylic acids is 2. The lowest BCUT2D eigenvalue weighted by molar-refractivity contribution is 0.103. The molecule has 2 heterocycles. The SMILES string of the molecule is O=C(NCC1CCCO1)Nc1ccc(NC(=O)c2cc3c(s2)CCCCC3)cc1. The summed E-state index contributed by atoms with van der Waals surface area (Å²) >= 11 is 1.62. The Kier molecular flexibility index (Phi) is 6.46. The van der Waals surface area contributed by atoms with E-state index in [2.05, 4.69) is 22.0 Å². The van der Waals surface area contributed by atoms with Gasteiger partial charge in [-0.1, -0.05) is 6.42 Å². The van der Waals surface area contributed by atoms with Crippen molar-refractivity contribution in [2.45, 2.75) is 51.0 Å². The molecule has 3 amide bonds. The Morgan fingerprint density at radius 2 is 1.76 bits per heavy atom. The normalized spacial score (nSPS) is 18.6. The van der Waals surface area contributed by atoms with Crippen LogP contribution in [0, 0.1) is 0 Å². The van der Waals surface area contributed by atoms with E-state index in [0.717, 1.165) is 37.2 Å². The van der Waals surface area contributed by atoms with Crippen molar-refractivity contribution in [3.05, 3.63) is 45.6 Å². The van der Waals surface area contributed by atoms with Crippen LogP contribution in [0.5, 0.6) is 0 Å². The lowest BCUT2D eigenvalue weighted by Crippen LogP contribution is -2.35. The zero-order chi connectivity index (χ0) is 20.1. The molecule has 3 N–H and O–H groups in total. The van der Waals surface area contributed by atoms with Crippen LogP contribution in [-0.2, 0) is 17.6 Å². The smallest absolute Gasteiger partial charge is 0.319 e. The molecule has 4 rings (SSSR count). The number of carbonyl (C=O) groups is 2. The molecule has 0 radical (unpaired) electrons. The van der Waals surface area contributed by atoms with Crippen LogP contribution in [0.3, 0.4) is 0 Å². The lowest BCUT2D eigenvalue weighted by Gasteiger charge is -2.12. The van der Waals surface area contributed by atoms with Crippen LogP contribution in [-0.4, -0.2) is 31.2 Å². The van der Waals surface area contributed by atoms with Crippen molar-refractivity contribution < 1.29 is 14.3 Å². The van der Waals surface area contributed by atoms with Gasteiger partial charge in [-0.05, 0) is 74.4 Å². The summed E-state index contributed by atoms with van der Waals surface area (Å²) in [5.41, 5.74) is 2.73. The average molecular weight is 414 g/mol. The van der Waals surface area contributed by atoms with Crippen molar-refractivity contribution >= 4 is 34.6 Å². The van der Waals surface area contributed by atoms with E-state index < -0.39 is 0 Å². The number of hydrogen-bond acceptors (Lipinski definition) is 4. The Morgan fingerprint density at radius 1 is 1.00 bits per heavy atom. The summed E-state index contributed by atoms with van der Waals surface area (Å²) in [4.78, 5) is 26.7. The van der Waals surface area contributed by atoms with Gasteiger partial charge in [0.05, 0.1) is 11.0 Å². The fraction of sp³-hybridized carbons (Fsp3) is 0.455. The van der Waals surface area contributed by atoms with Gasteiger partial charge in [0.25, 0.3) is 5.91 Å². The van der Waals surface area contributed by atoms with E-state index in [-0.39, 0.29) is 18.0 Å². The predicted molar refractivity (Wildman–Crippen MR) is 116 cm³/mol. The van der Waals surface area contributed by atoms with Crippen molar-refractivity contribution in [3.63, 3.8) is 0 Å². The Bertz CT molecular complexity index is 833. The molecule has 29 heavy (non-hydrogen) atoms. The van der Waals surface area contributed by atoms with Crippen LogP contribution in [0.1, 0.15) is 52.2 Å². The number of anilines is 2. The van der Waals surface area contributed by atoms with E-state index in [4.69, 9.17) is 4.74 Å². The summed E-state index contributed by atoms with van der Waals surface area (Å²) in [6, 6.07) is 8.96. The third kappa shape index (κ3) is 5.36. The van der Waals surface area contributed by atoms with Crippen molar-refractivity contribution in [2.24, 2.45) is 0 Å². The summed E-state index contributed by atoms with van der Waals surface area (Å²) in [6.45, 7) is 1.29. The van der Waals surface area contributed by atoms with Crippen LogP contribution in [0.25, 0.3) is 0 Å². The largest absolute Gasteiger partial charge is 0.376 e. The molecule has 1 aliphatic heterocycles. The second-order valence-corrected chi connectivity index (χ2v) is 8.76. The third-order valence-electron chi connectivity index (χ3n) is 5.39. The first kappa shape index (κ1) is 19.9. The first-order chi connectivity index (χ1) is 14.2. The van der Waals surface area contributed by atoms with Crippen LogP contribution < -0.4 is 16.0 Å². The fourth-order valence-corrected chi connectivity index (χ4v) is 4.94. The van der Waals surface area contributed by atoms with E-state index in [0.29, 0.717) is 17.9 Å². The molecule has 1 unspecified atom stereocenters. The monoisotopic (exact) mass is 413 g/mol. The second-order valence-electron chi connectivity index (χ2n) is 7.62. The average Bonchev–Trinajstić information content (AvgIpc) is 3.34. The molecule has 0 saturated carbocycles. The Morgan fingerprint density at radius 3 is 2.52 bits per heavy atom. The first-order valence-corrected chi connectivity index (χ1v) is 11.2. The highest BCUT2D eigenvalue weighted by Crippen LogP contribution is 2.29. The number of hydrogen-bond donors (Lipinski definition) is 3. The Hall–Kier alpha value is -2.38. The number of ether oxygens (including phenoxy) is 1. The van der Waals surface area contributed by atoms with Crippen LogP contribution >= 0.6 is 11.3 Å². The van der Waals surface area contributed by atoms with Gasteiger partial charge in [-0.2, -0.15) is 0 Å². The van der Waals surface area contributed by atoms with Crippen molar-refractivity contribution in [1.29, 1.82) is 0 Å². The minimum Gasteiger partial charge on any atom is -0.376 e. The van der Waals surface area contributed by atoms with Gasteiger partial charge < -0.3 is 20.7 Å². The molecule has 1 atom stereocenters. The second kappa shape index (κ2) is 9.41. The topological polar surface area (TPSA) is 79.5 Å². The van der Waals surface area contributed by atoms with Gasteiger partial charge in [0.15, 0.2) is 0 Å². The van der Waals surface area contributed by atoms with Crippen LogP contribution in [0.2, 0.25) is 0 Å². The molecule has 7 heteroatoms. The third-order valence-corrected chi connectivity index (χ3v) is 6.62. The number of rotatable bonds is 5. The predicted octanol–water partition coefficient (Wildman–Crippen LogP) is 4.57. The minimum absolute atomic E-state index is 0.0712. The maximum atomic E-state index is 12.6. The molecule has 0 spiro atoms. The molecule has 1 fully saturated rings. The van der Waals surface area contributed by atoms with Gasteiger partial charge in [-0.3, -0.25) is 4.79 Å². The molecule has 1 aromatic heterocycles. The summed E-state index contributed by atoms with van der Waals surface area (Å²) < 4.78 is 5.49. The van der Waals surface area contributed by atoms with Gasteiger partial charge in [0.1, 0.15) is 0 Å². The molecule has 6 nitrogen and oxygen atoms in total. The molecule has 1 aromatic carbocycles. The van der Waals surface area contributed by atoms with E-state index >= 15 is 0 Å². The quantitative estimate of drug-likeness (QED) is 0.628. The molecular weight excluding hydrogens is 386 g/mol. The van der Waals surface area contributed by atoms with Gasteiger partial charge >= 0.3 is 6.03 Å². The van der Waals surface area contributed by atoms with E-state index in [9.17, 15) is 9.59 Å². The van der Waals surface area contributed by atoms with Gasteiger partial charge in [-0.15, -0.1) is 11.3 Å². The molecule has 2 aliphatic rings. The molecule has 0 bridgehead atoms. The van der Waals surface area contributed by atoms with Crippen molar-refractivity contribution in [3.8, 4) is 0 Å². The summed E-state index contributed by atoms with van der Waals surface area (Å²) in [5.74, 6) is -0.0712. The zero-order valence-electron chi connectivity index (χ0n) is 16.5. The lowest BCUT2D eigenvalue weighted by atomic mass is 10.1. The number of amides is 3. The highest BCUT2D eigenvalue weighted by Gasteiger charge is 2.17. The summed E-state index contributed by atoms with van der Waals surface area (Å²) in [6.07, 6.45) is 8.01. The van der Waals surface area contributed by atoms with Crippen LogP contribution in [0.4, 0.5) is 16.2 Å². The fourth-order valence-electron chi connectivity index (χ4n) is 3.80. The van der Waals surface area contributed by atoms with Crippen molar-refractivity contribution in [2.75, 3.05) is 23.8 Å². The maximum absolute atomic E-state index is 12.6. The van der Waals surface area contributed by atoms with Crippen molar-refractivity contribution in [1.82, 2.24) is 5.32 Å². The van der Waals surface area contributed by atoms with E-state index in [1.54, 1.807) is 35.6 Å². The first-order valence-electron chi connectivity index (χ1n) is 10.4. The highest BCUT2D eigenvalue weighted by molar-refractivity contribution is 7.14. The summed E-state index contributed by atoms with van der Waals surface area (Å²) in [7, 11) is 0. The number of thiophene rings is 1. The molecule has 1 aliphatic carbocycles. The Labute approximate surface area is 175 Å². The zero-order valence-corrected chi connectivity index (χ0v) is 17.3. The number of fused-ring (bicyclic) bond motifs is 1. The molecule has 1 saturated heterocycles. The highest BCUT2D eigenvalue weighted by atomic mass is 32.1. The van der Waals surface area contributed by atoms with E-state index in [1.807, 2.05) is 0 Å². The van der Waals surface area contributed by atoms with E-state index in [1.165, 1.54) is 29.7 Å².